The minimum Gasteiger partial charge on any atom is -0.476 e. The molecule has 1 fully saturated rings. The quantitative estimate of drug-likeness (QED) is 0.771. The third-order valence-electron chi connectivity index (χ3n) is 4.52. The summed E-state index contributed by atoms with van der Waals surface area (Å²) < 4.78 is 10.7. The van der Waals surface area contributed by atoms with E-state index in [1.165, 1.54) is 7.11 Å². The number of hydrogen-bond acceptors (Lipinski definition) is 4. The molecule has 1 aliphatic heterocycles. The molecule has 0 radical (unpaired) electrons. The Balaban J connectivity index is 1.81. The minimum absolute atomic E-state index is 0.0204. The van der Waals surface area contributed by atoms with Crippen LogP contribution in [0.5, 0.6) is 5.75 Å². The van der Waals surface area contributed by atoms with Crippen LogP contribution in [0.25, 0.3) is 0 Å². The van der Waals surface area contributed by atoms with Crippen molar-refractivity contribution in [2.45, 2.75) is 25.4 Å². The van der Waals surface area contributed by atoms with Gasteiger partial charge >= 0.3 is 5.97 Å². The number of ether oxygens (including phenoxy) is 2. The minimum atomic E-state index is -0.696. The highest BCUT2D eigenvalue weighted by atomic mass is 16.5. The summed E-state index contributed by atoms with van der Waals surface area (Å²) in [6.07, 6.45) is 2.52. The number of likely N-dealkylation sites (tertiary alicyclic amines) is 1. The number of benzene rings is 2. The van der Waals surface area contributed by atoms with Crippen LogP contribution < -0.4 is 4.74 Å². The van der Waals surface area contributed by atoms with Crippen LogP contribution >= 0.6 is 0 Å². The number of carbonyl (C=O) groups is 2. The Kier molecular flexibility index (Phi) is 5.89. The third kappa shape index (κ3) is 4.23. The second-order valence-electron chi connectivity index (χ2n) is 6.31. The number of rotatable bonds is 5. The molecule has 0 N–H and O–H groups in total. The molecule has 0 unspecified atom stereocenters. The van der Waals surface area contributed by atoms with E-state index in [1.54, 1.807) is 24.3 Å². The van der Waals surface area contributed by atoms with Gasteiger partial charge in [-0.1, -0.05) is 30.3 Å². The van der Waals surface area contributed by atoms with Crippen LogP contribution in [-0.4, -0.2) is 37.0 Å². The van der Waals surface area contributed by atoms with Gasteiger partial charge in [0.15, 0.2) is 0 Å². The molecule has 26 heavy (non-hydrogen) atoms. The maximum Gasteiger partial charge on any atom is 0.337 e. The first-order valence-electron chi connectivity index (χ1n) is 8.88. The number of hydrogen-bond donors (Lipinski definition) is 0. The summed E-state index contributed by atoms with van der Waals surface area (Å²) in [7, 11) is 1.34. The molecule has 0 bridgehead atoms. The summed E-state index contributed by atoms with van der Waals surface area (Å²) in [5.74, 6) is 0.116. The van der Waals surface area contributed by atoms with Crippen molar-refractivity contribution in [1.29, 1.82) is 0 Å². The lowest BCUT2D eigenvalue weighted by Gasteiger charge is -2.30. The van der Waals surface area contributed by atoms with E-state index >= 15 is 0 Å². The SMILES string of the molecule is COC(=O)c1ccc(O[C@@H](C(=O)N2CCCCC2)c2ccccc2)cc1. The molecule has 5 nitrogen and oxygen atoms in total. The second-order valence-corrected chi connectivity index (χ2v) is 6.31. The number of methoxy groups -OCH3 is 1. The highest BCUT2D eigenvalue weighted by Crippen LogP contribution is 2.26. The zero-order chi connectivity index (χ0) is 18.4. The van der Waals surface area contributed by atoms with E-state index in [9.17, 15) is 9.59 Å². The molecule has 2 aromatic rings. The monoisotopic (exact) mass is 353 g/mol. The topological polar surface area (TPSA) is 55.8 Å². The van der Waals surface area contributed by atoms with Crippen molar-refractivity contribution in [2.75, 3.05) is 20.2 Å². The lowest BCUT2D eigenvalue weighted by molar-refractivity contribution is -0.140. The molecule has 0 spiro atoms. The van der Waals surface area contributed by atoms with Crippen molar-refractivity contribution in [1.82, 2.24) is 4.90 Å². The first kappa shape index (κ1) is 18.0. The predicted octanol–water partition coefficient (Wildman–Crippen LogP) is 3.61. The normalized spacial score (nSPS) is 15.2. The van der Waals surface area contributed by atoms with Crippen LogP contribution in [-0.2, 0) is 9.53 Å². The molecule has 1 amide bonds. The predicted molar refractivity (Wildman–Crippen MR) is 98.0 cm³/mol. The fourth-order valence-corrected chi connectivity index (χ4v) is 3.09. The zero-order valence-corrected chi connectivity index (χ0v) is 14.9. The Morgan fingerprint density at radius 1 is 0.923 bits per heavy atom. The van der Waals surface area contributed by atoms with E-state index in [4.69, 9.17) is 9.47 Å². The molecule has 2 aromatic carbocycles. The smallest absolute Gasteiger partial charge is 0.337 e. The Labute approximate surface area is 153 Å². The van der Waals surface area contributed by atoms with E-state index in [0.717, 1.165) is 37.9 Å². The molecular formula is C21H23NO4. The Morgan fingerprint density at radius 3 is 2.19 bits per heavy atom. The van der Waals surface area contributed by atoms with Crippen LogP contribution in [0, 0.1) is 0 Å². The lowest BCUT2D eigenvalue weighted by atomic mass is 10.1. The Hall–Kier alpha value is -2.82. The first-order chi connectivity index (χ1) is 12.7. The summed E-state index contributed by atoms with van der Waals surface area (Å²) >= 11 is 0. The van der Waals surface area contributed by atoms with Crippen molar-refractivity contribution in [3.05, 3.63) is 65.7 Å². The molecule has 1 saturated heterocycles. The fraction of sp³-hybridized carbons (Fsp3) is 0.333. The van der Waals surface area contributed by atoms with Crippen molar-refractivity contribution in [3.8, 4) is 5.75 Å². The number of amides is 1. The fourth-order valence-electron chi connectivity index (χ4n) is 3.09. The summed E-state index contributed by atoms with van der Waals surface area (Å²) in [5, 5.41) is 0. The molecule has 1 atom stereocenters. The molecule has 1 aliphatic rings. The third-order valence-corrected chi connectivity index (χ3v) is 4.52. The molecule has 0 aromatic heterocycles. The summed E-state index contributed by atoms with van der Waals surface area (Å²) in [6.45, 7) is 1.54. The molecule has 136 valence electrons. The average Bonchev–Trinajstić information content (AvgIpc) is 2.72. The average molecular weight is 353 g/mol. The van der Waals surface area contributed by atoms with Crippen LogP contribution in [0.1, 0.15) is 41.3 Å². The van der Waals surface area contributed by atoms with Gasteiger partial charge in [-0.15, -0.1) is 0 Å². The van der Waals surface area contributed by atoms with E-state index in [2.05, 4.69) is 0 Å². The highest BCUT2D eigenvalue weighted by Gasteiger charge is 2.28. The molecule has 3 rings (SSSR count). The van der Waals surface area contributed by atoms with E-state index in [-0.39, 0.29) is 5.91 Å². The van der Waals surface area contributed by atoms with Gasteiger partial charge in [-0.3, -0.25) is 4.79 Å². The van der Waals surface area contributed by atoms with Gasteiger partial charge in [0.05, 0.1) is 12.7 Å². The number of piperidine rings is 1. The van der Waals surface area contributed by atoms with Gasteiger partial charge in [-0.05, 0) is 43.5 Å². The van der Waals surface area contributed by atoms with Gasteiger partial charge in [0.1, 0.15) is 5.75 Å². The first-order valence-corrected chi connectivity index (χ1v) is 8.88. The van der Waals surface area contributed by atoms with Gasteiger partial charge in [-0.25, -0.2) is 4.79 Å². The summed E-state index contributed by atoms with van der Waals surface area (Å²) in [6, 6.07) is 16.1. The largest absolute Gasteiger partial charge is 0.476 e. The second kappa shape index (κ2) is 8.52. The maximum atomic E-state index is 13.1. The van der Waals surface area contributed by atoms with E-state index < -0.39 is 12.1 Å². The summed E-state index contributed by atoms with van der Waals surface area (Å²) in [5.41, 5.74) is 1.26. The van der Waals surface area contributed by atoms with Crippen LogP contribution in [0.2, 0.25) is 0 Å². The molecule has 1 heterocycles. The van der Waals surface area contributed by atoms with Crippen LogP contribution in [0.3, 0.4) is 0 Å². The zero-order valence-electron chi connectivity index (χ0n) is 14.9. The van der Waals surface area contributed by atoms with Gasteiger partial charge < -0.3 is 14.4 Å². The number of nitrogens with zero attached hydrogens (tertiary/aromatic N) is 1. The summed E-state index contributed by atoms with van der Waals surface area (Å²) in [4.78, 5) is 26.5. The van der Waals surface area contributed by atoms with Crippen molar-refractivity contribution < 1.29 is 19.1 Å². The van der Waals surface area contributed by atoms with Gasteiger partial charge in [-0.2, -0.15) is 0 Å². The molecular weight excluding hydrogens is 330 g/mol. The van der Waals surface area contributed by atoms with Crippen LogP contribution in [0.15, 0.2) is 54.6 Å². The molecule has 0 aliphatic carbocycles. The van der Waals surface area contributed by atoms with Crippen molar-refractivity contribution >= 4 is 11.9 Å². The Bertz CT molecular complexity index is 736. The molecule has 0 saturated carbocycles. The number of carbonyl (C=O) groups excluding carboxylic acids is 2. The number of esters is 1. The maximum absolute atomic E-state index is 13.1. The van der Waals surface area contributed by atoms with Crippen LogP contribution in [0.4, 0.5) is 0 Å². The molecule has 5 heteroatoms. The van der Waals surface area contributed by atoms with Gasteiger partial charge in [0.25, 0.3) is 5.91 Å². The van der Waals surface area contributed by atoms with Gasteiger partial charge in [0, 0.05) is 18.7 Å². The highest BCUT2D eigenvalue weighted by molar-refractivity contribution is 5.89. The standard InChI is InChI=1S/C21H23NO4/c1-25-21(24)17-10-12-18(13-11-17)26-19(16-8-4-2-5-9-16)20(23)22-14-6-3-7-15-22/h2,4-5,8-13,19H,3,6-7,14-15H2,1H3/t19-/m1/s1. The van der Waals surface area contributed by atoms with Gasteiger partial charge in [0.2, 0.25) is 6.10 Å². The van der Waals surface area contributed by atoms with E-state index in [1.807, 2.05) is 35.2 Å². The Morgan fingerprint density at radius 2 is 1.58 bits per heavy atom. The van der Waals surface area contributed by atoms with Crippen molar-refractivity contribution in [2.24, 2.45) is 0 Å². The lowest BCUT2D eigenvalue weighted by Crippen LogP contribution is -2.40. The van der Waals surface area contributed by atoms with Crippen molar-refractivity contribution in [3.63, 3.8) is 0 Å². The van der Waals surface area contributed by atoms with E-state index in [0.29, 0.717) is 11.3 Å².